The minimum atomic E-state index is -0.662. The van der Waals surface area contributed by atoms with Crippen LogP contribution in [0.1, 0.15) is 15.4 Å². The summed E-state index contributed by atoms with van der Waals surface area (Å²) in [6.45, 7) is 0. The predicted octanol–water partition coefficient (Wildman–Crippen LogP) is 3.54. The molecule has 0 fully saturated rings. The van der Waals surface area contributed by atoms with Crippen LogP contribution in [0.2, 0.25) is 5.15 Å². The van der Waals surface area contributed by atoms with Gasteiger partial charge in [0.25, 0.3) is 0 Å². The van der Waals surface area contributed by atoms with E-state index in [2.05, 4.69) is 15.1 Å². The lowest BCUT2D eigenvalue weighted by atomic mass is 10.3. The quantitative estimate of drug-likeness (QED) is 0.321. The second kappa shape index (κ2) is 5.99. The summed E-state index contributed by atoms with van der Waals surface area (Å²) in [5.74, 6) is -0.662. The first-order valence-corrected chi connectivity index (χ1v) is 7.14. The number of nitrogens with zero attached hydrogens (tertiary/aromatic N) is 3. The molecule has 3 rings (SSSR count). The van der Waals surface area contributed by atoms with E-state index in [4.69, 9.17) is 16.4 Å². The number of hydrogen-bond donors (Lipinski definition) is 0. The van der Waals surface area contributed by atoms with Gasteiger partial charge >= 0.3 is 5.97 Å². The van der Waals surface area contributed by atoms with Crippen LogP contribution in [0, 0.1) is 0 Å². The highest BCUT2D eigenvalue weighted by Crippen LogP contribution is 2.20. The van der Waals surface area contributed by atoms with Crippen molar-refractivity contribution in [1.29, 1.82) is 0 Å². The summed E-state index contributed by atoms with van der Waals surface area (Å²) in [5.41, 5.74) is 1.05. The highest BCUT2D eigenvalue weighted by Gasteiger charge is 2.12. The van der Waals surface area contributed by atoms with Crippen molar-refractivity contribution in [3.05, 3.63) is 58.3 Å². The predicted molar refractivity (Wildman–Crippen MR) is 81.9 cm³/mol. The number of benzene rings is 1. The van der Waals surface area contributed by atoms with Crippen molar-refractivity contribution >= 4 is 45.3 Å². The Morgan fingerprint density at radius 1 is 1.29 bits per heavy atom. The van der Waals surface area contributed by atoms with E-state index in [-0.39, 0.29) is 10.7 Å². The fraction of sp³-hybridized carbons (Fsp3) is 0. The Morgan fingerprint density at radius 2 is 2.14 bits per heavy atom. The summed E-state index contributed by atoms with van der Waals surface area (Å²) in [5, 5.41) is 4.38. The van der Waals surface area contributed by atoms with E-state index < -0.39 is 5.97 Å². The number of aromatic nitrogens is 2. The van der Waals surface area contributed by atoms with Crippen molar-refractivity contribution < 1.29 is 9.63 Å². The molecule has 21 heavy (non-hydrogen) atoms. The van der Waals surface area contributed by atoms with Crippen LogP contribution in [-0.4, -0.2) is 22.2 Å². The van der Waals surface area contributed by atoms with Gasteiger partial charge < -0.3 is 4.84 Å². The summed E-state index contributed by atoms with van der Waals surface area (Å²) >= 11 is 7.25. The van der Waals surface area contributed by atoms with E-state index in [1.54, 1.807) is 6.07 Å². The molecule has 1 aromatic carbocycles. The van der Waals surface area contributed by atoms with Crippen molar-refractivity contribution in [3.8, 4) is 0 Å². The number of oxime groups is 1. The highest BCUT2D eigenvalue weighted by atomic mass is 35.5. The maximum absolute atomic E-state index is 11.8. The SMILES string of the molecule is O=C(O/N=C\c1nc2ccccc2s1)c1cccnc1Cl. The Balaban J connectivity index is 1.72. The van der Waals surface area contributed by atoms with Gasteiger partial charge in [-0.15, -0.1) is 11.3 Å². The zero-order valence-corrected chi connectivity index (χ0v) is 12.1. The number of carbonyl (C=O) groups excluding carboxylic acids is 1. The van der Waals surface area contributed by atoms with Gasteiger partial charge in [0.15, 0.2) is 0 Å². The summed E-state index contributed by atoms with van der Waals surface area (Å²) in [7, 11) is 0. The van der Waals surface area contributed by atoms with Gasteiger partial charge in [-0.2, -0.15) is 0 Å². The number of fused-ring (bicyclic) bond motifs is 1. The molecule has 0 N–H and O–H groups in total. The second-order valence-corrected chi connectivity index (χ2v) is 5.40. The highest BCUT2D eigenvalue weighted by molar-refractivity contribution is 7.20. The fourth-order valence-corrected chi connectivity index (χ4v) is 2.68. The number of pyridine rings is 1. The first-order valence-electron chi connectivity index (χ1n) is 5.95. The average Bonchev–Trinajstić information content (AvgIpc) is 2.90. The number of thiazole rings is 1. The maximum atomic E-state index is 11.8. The number of para-hydroxylation sites is 1. The fourth-order valence-electron chi connectivity index (χ4n) is 1.65. The monoisotopic (exact) mass is 317 g/mol. The molecule has 7 heteroatoms. The van der Waals surface area contributed by atoms with E-state index in [1.165, 1.54) is 29.8 Å². The number of halogens is 1. The van der Waals surface area contributed by atoms with Crippen LogP contribution in [0.3, 0.4) is 0 Å². The van der Waals surface area contributed by atoms with E-state index in [9.17, 15) is 4.79 Å². The minimum Gasteiger partial charge on any atom is -0.313 e. The van der Waals surface area contributed by atoms with E-state index >= 15 is 0 Å². The minimum absolute atomic E-state index is 0.0812. The molecular formula is C14H8ClN3O2S. The third-order valence-corrected chi connectivity index (χ3v) is 3.86. The van der Waals surface area contributed by atoms with Crippen LogP contribution in [0.15, 0.2) is 47.8 Å². The molecule has 2 aromatic heterocycles. The molecule has 5 nitrogen and oxygen atoms in total. The Bertz CT molecular complexity index is 799. The van der Waals surface area contributed by atoms with Crippen molar-refractivity contribution in [1.82, 2.24) is 9.97 Å². The van der Waals surface area contributed by atoms with Crippen LogP contribution in [0.25, 0.3) is 10.2 Å². The molecule has 2 heterocycles. The molecule has 104 valence electrons. The molecule has 0 unspecified atom stereocenters. The van der Waals surface area contributed by atoms with Crippen LogP contribution in [-0.2, 0) is 4.84 Å². The lowest BCUT2D eigenvalue weighted by Crippen LogP contribution is -2.02. The van der Waals surface area contributed by atoms with Crippen molar-refractivity contribution in [2.24, 2.45) is 5.16 Å². The van der Waals surface area contributed by atoms with Crippen LogP contribution in [0.5, 0.6) is 0 Å². The Morgan fingerprint density at radius 3 is 2.95 bits per heavy atom. The largest absolute Gasteiger partial charge is 0.368 e. The smallest absolute Gasteiger partial charge is 0.313 e. The van der Waals surface area contributed by atoms with E-state index in [0.29, 0.717) is 5.01 Å². The molecule has 0 saturated carbocycles. The van der Waals surface area contributed by atoms with E-state index in [0.717, 1.165) is 10.2 Å². The van der Waals surface area contributed by atoms with Gasteiger partial charge in [-0.05, 0) is 24.3 Å². The lowest BCUT2D eigenvalue weighted by Gasteiger charge is -1.98. The van der Waals surface area contributed by atoms with Crippen LogP contribution >= 0.6 is 22.9 Å². The maximum Gasteiger partial charge on any atom is 0.368 e. The number of carbonyl (C=O) groups is 1. The number of hydrogen-bond acceptors (Lipinski definition) is 6. The average molecular weight is 318 g/mol. The lowest BCUT2D eigenvalue weighted by molar-refractivity contribution is 0.0519. The summed E-state index contributed by atoms with van der Waals surface area (Å²) < 4.78 is 1.04. The molecule has 3 aromatic rings. The second-order valence-electron chi connectivity index (χ2n) is 3.97. The van der Waals surface area contributed by atoms with Gasteiger partial charge in [0, 0.05) is 6.20 Å². The Hall–Kier alpha value is -2.31. The summed E-state index contributed by atoms with van der Waals surface area (Å²) in [6.07, 6.45) is 2.89. The van der Waals surface area contributed by atoms with Crippen molar-refractivity contribution in [3.63, 3.8) is 0 Å². The summed E-state index contributed by atoms with van der Waals surface area (Å²) in [6, 6.07) is 10.8. The van der Waals surface area contributed by atoms with Gasteiger partial charge in [-0.1, -0.05) is 28.9 Å². The topological polar surface area (TPSA) is 64.4 Å². The zero-order valence-electron chi connectivity index (χ0n) is 10.6. The number of rotatable bonds is 3. The normalized spacial score (nSPS) is 11.1. The van der Waals surface area contributed by atoms with Gasteiger partial charge in [-0.3, -0.25) is 0 Å². The van der Waals surface area contributed by atoms with Gasteiger partial charge in [-0.25, -0.2) is 14.8 Å². The molecule has 0 amide bonds. The third kappa shape index (κ3) is 3.07. The van der Waals surface area contributed by atoms with Gasteiger partial charge in [0.1, 0.15) is 16.4 Å². The van der Waals surface area contributed by atoms with Crippen LogP contribution in [0.4, 0.5) is 0 Å². The molecular weight excluding hydrogens is 310 g/mol. The van der Waals surface area contributed by atoms with Crippen LogP contribution < -0.4 is 0 Å². The third-order valence-electron chi connectivity index (χ3n) is 2.59. The van der Waals surface area contributed by atoms with Gasteiger partial charge in [0.2, 0.25) is 0 Å². The molecule has 0 atom stereocenters. The standard InChI is InChI=1S/C14H8ClN3O2S/c15-13-9(4-3-7-16-13)14(19)20-17-8-12-18-10-5-1-2-6-11(10)21-12/h1-8H/b17-8-. The molecule has 0 bridgehead atoms. The molecule has 0 aliphatic rings. The first-order chi connectivity index (χ1) is 10.2. The van der Waals surface area contributed by atoms with E-state index in [1.807, 2.05) is 24.3 Å². The van der Waals surface area contributed by atoms with Crippen molar-refractivity contribution in [2.75, 3.05) is 0 Å². The molecule has 0 saturated heterocycles. The summed E-state index contributed by atoms with van der Waals surface area (Å²) in [4.78, 5) is 24.7. The molecule has 0 aliphatic heterocycles. The molecule has 0 spiro atoms. The Kier molecular flexibility index (Phi) is 3.89. The molecule has 0 radical (unpaired) electrons. The first kappa shape index (κ1) is 13.7. The van der Waals surface area contributed by atoms with Gasteiger partial charge in [0.05, 0.1) is 15.8 Å². The Labute approximate surface area is 128 Å². The van der Waals surface area contributed by atoms with Crippen molar-refractivity contribution in [2.45, 2.75) is 0 Å². The molecule has 0 aliphatic carbocycles. The zero-order chi connectivity index (χ0) is 14.7.